The Morgan fingerprint density at radius 3 is 2.43 bits per heavy atom. The lowest BCUT2D eigenvalue weighted by Crippen LogP contribution is -2.26. The van der Waals surface area contributed by atoms with Crippen LogP contribution in [-0.4, -0.2) is 27.4 Å². The van der Waals surface area contributed by atoms with Gasteiger partial charge in [-0.25, -0.2) is 22.0 Å². The highest BCUT2D eigenvalue weighted by molar-refractivity contribution is 6.31. The van der Waals surface area contributed by atoms with Gasteiger partial charge in [0, 0.05) is 27.4 Å². The summed E-state index contributed by atoms with van der Waals surface area (Å²) in [6, 6.07) is 3.91. The molecule has 3 N–H and O–H groups in total. The van der Waals surface area contributed by atoms with E-state index in [-0.39, 0.29) is 44.5 Å². The molecule has 5 rings (SSSR count). The van der Waals surface area contributed by atoms with Crippen LogP contribution in [-0.2, 0) is 19.5 Å². The second kappa shape index (κ2) is 10.5. The summed E-state index contributed by atoms with van der Waals surface area (Å²) in [5.74, 6) is -4.39. The van der Waals surface area contributed by atoms with Crippen LogP contribution in [0, 0.1) is 17.0 Å². The van der Waals surface area contributed by atoms with Crippen LogP contribution in [0.5, 0.6) is 0 Å². The van der Waals surface area contributed by atoms with Crippen molar-refractivity contribution in [3.05, 3.63) is 92.6 Å². The standard InChI is InChI=1S/C26H16ClF8N5O2/c27-15-2-1-12(29)6-14(15)21-19-16(37-23(41)10-3-11(26(33,34)35)5-13(30)4-10)7-17-22(20(19)24(42)38-21)40(9-28)25(36)39(17)8-18(31)32/h1-7,18,21,36H,8-9H2,(H,37,41)(H,38,42). The van der Waals surface area contributed by atoms with Gasteiger partial charge in [-0.2, -0.15) is 13.2 Å². The predicted octanol–water partition coefficient (Wildman–Crippen LogP) is 6.15. The average molecular weight is 618 g/mol. The summed E-state index contributed by atoms with van der Waals surface area (Å²) in [4.78, 5) is 26.4. The molecule has 0 spiro atoms. The molecule has 1 aliphatic heterocycles. The first-order valence-electron chi connectivity index (χ1n) is 11.8. The number of nitrogens with zero attached hydrogens (tertiary/aromatic N) is 2. The number of fused-ring (bicyclic) bond motifs is 3. The van der Waals surface area contributed by atoms with Crippen molar-refractivity contribution in [1.82, 2.24) is 14.5 Å². The van der Waals surface area contributed by atoms with Gasteiger partial charge in [-0.1, -0.05) is 11.6 Å². The fourth-order valence-corrected chi connectivity index (χ4v) is 5.14. The zero-order valence-corrected chi connectivity index (χ0v) is 21.5. The van der Waals surface area contributed by atoms with E-state index in [1.165, 1.54) is 6.07 Å². The highest BCUT2D eigenvalue weighted by atomic mass is 35.5. The molecule has 1 atom stereocenters. The number of hydrogen-bond donors (Lipinski definition) is 3. The van der Waals surface area contributed by atoms with Crippen molar-refractivity contribution in [1.29, 1.82) is 5.41 Å². The molecule has 1 aromatic heterocycles. The van der Waals surface area contributed by atoms with Gasteiger partial charge in [-0.15, -0.1) is 0 Å². The maximum absolute atomic E-state index is 14.2. The first-order valence-corrected chi connectivity index (χ1v) is 12.2. The molecule has 7 nitrogen and oxygen atoms in total. The van der Waals surface area contributed by atoms with Crippen molar-refractivity contribution >= 4 is 40.1 Å². The molecule has 1 aliphatic rings. The van der Waals surface area contributed by atoms with Crippen molar-refractivity contribution in [3.63, 3.8) is 0 Å². The summed E-state index contributed by atoms with van der Waals surface area (Å²) in [7, 11) is 0. The Hall–Kier alpha value is -4.40. The van der Waals surface area contributed by atoms with Crippen LogP contribution in [0.1, 0.15) is 43.4 Å². The normalized spacial score (nSPS) is 14.9. The molecule has 220 valence electrons. The smallest absolute Gasteiger partial charge is 0.341 e. The number of carbonyl (C=O) groups excluding carboxylic acids is 2. The average Bonchev–Trinajstić information content (AvgIpc) is 3.38. The molecule has 3 aromatic carbocycles. The van der Waals surface area contributed by atoms with E-state index >= 15 is 0 Å². The van der Waals surface area contributed by atoms with E-state index in [0.29, 0.717) is 21.3 Å². The van der Waals surface area contributed by atoms with Gasteiger partial charge in [0.2, 0.25) is 5.62 Å². The first kappa shape index (κ1) is 29.1. The van der Waals surface area contributed by atoms with Crippen molar-refractivity contribution in [2.45, 2.75) is 32.0 Å². The summed E-state index contributed by atoms with van der Waals surface area (Å²) < 4.78 is 110. The molecule has 42 heavy (non-hydrogen) atoms. The lowest BCUT2D eigenvalue weighted by molar-refractivity contribution is -0.137. The summed E-state index contributed by atoms with van der Waals surface area (Å²) in [5.41, 5.74) is -4.58. The van der Waals surface area contributed by atoms with Gasteiger partial charge in [0.05, 0.1) is 34.7 Å². The third-order valence-corrected chi connectivity index (χ3v) is 6.97. The number of hydrogen-bond acceptors (Lipinski definition) is 3. The fourth-order valence-electron chi connectivity index (χ4n) is 4.91. The number of alkyl halides is 6. The summed E-state index contributed by atoms with van der Waals surface area (Å²) >= 11 is 6.25. The van der Waals surface area contributed by atoms with E-state index in [9.17, 15) is 44.7 Å². The van der Waals surface area contributed by atoms with Crippen molar-refractivity contribution in [3.8, 4) is 0 Å². The van der Waals surface area contributed by atoms with E-state index in [0.717, 1.165) is 18.2 Å². The highest BCUT2D eigenvalue weighted by Crippen LogP contribution is 2.43. The fraction of sp³-hybridized carbons (Fsp3) is 0.192. The number of rotatable bonds is 6. The number of imidazole rings is 1. The molecule has 0 bridgehead atoms. The lowest BCUT2D eigenvalue weighted by Gasteiger charge is -2.19. The van der Waals surface area contributed by atoms with E-state index in [1.54, 1.807) is 0 Å². The second-order valence-corrected chi connectivity index (χ2v) is 9.61. The van der Waals surface area contributed by atoms with E-state index in [2.05, 4.69) is 10.6 Å². The van der Waals surface area contributed by atoms with Crippen LogP contribution < -0.4 is 16.3 Å². The molecule has 0 fully saturated rings. The van der Waals surface area contributed by atoms with Crippen LogP contribution in [0.4, 0.5) is 40.8 Å². The Balaban J connectivity index is 1.79. The van der Waals surface area contributed by atoms with Crippen LogP contribution in [0.15, 0.2) is 42.5 Å². The minimum atomic E-state index is -5.01. The van der Waals surface area contributed by atoms with Crippen LogP contribution in [0.2, 0.25) is 5.02 Å². The third kappa shape index (κ3) is 4.97. The van der Waals surface area contributed by atoms with E-state index in [1.807, 2.05) is 0 Å². The number of benzene rings is 3. The number of amides is 2. The molecule has 1 unspecified atom stereocenters. The molecule has 0 radical (unpaired) electrons. The van der Waals surface area contributed by atoms with Gasteiger partial charge in [-0.05, 0) is 42.5 Å². The predicted molar refractivity (Wildman–Crippen MR) is 133 cm³/mol. The van der Waals surface area contributed by atoms with Crippen LogP contribution in [0.3, 0.4) is 0 Å². The Bertz CT molecular complexity index is 1830. The van der Waals surface area contributed by atoms with Crippen molar-refractivity contribution in [2.75, 3.05) is 5.32 Å². The molecule has 4 aromatic rings. The molecule has 0 saturated heterocycles. The quantitative estimate of drug-likeness (QED) is 0.227. The minimum absolute atomic E-state index is 0.0337. The van der Waals surface area contributed by atoms with Crippen LogP contribution in [0.25, 0.3) is 11.0 Å². The summed E-state index contributed by atoms with van der Waals surface area (Å²) in [6.45, 7) is -2.54. The maximum atomic E-state index is 14.2. The van der Waals surface area contributed by atoms with E-state index in [4.69, 9.17) is 17.0 Å². The minimum Gasteiger partial charge on any atom is -0.341 e. The lowest BCUT2D eigenvalue weighted by atomic mass is 9.95. The molecule has 16 heteroatoms. The molecule has 0 saturated carbocycles. The molecule has 2 heterocycles. The Morgan fingerprint density at radius 1 is 1.07 bits per heavy atom. The van der Waals surface area contributed by atoms with Gasteiger partial charge in [-0.3, -0.25) is 19.6 Å². The number of aromatic nitrogens is 2. The Kier molecular flexibility index (Phi) is 7.25. The summed E-state index contributed by atoms with van der Waals surface area (Å²) in [5, 5.41) is 13.0. The first-order chi connectivity index (χ1) is 19.7. The third-order valence-electron chi connectivity index (χ3n) is 6.63. The molecule has 2 amide bonds. The van der Waals surface area contributed by atoms with Gasteiger partial charge >= 0.3 is 6.18 Å². The van der Waals surface area contributed by atoms with Gasteiger partial charge in [0.25, 0.3) is 18.2 Å². The second-order valence-electron chi connectivity index (χ2n) is 9.21. The molecule has 0 aliphatic carbocycles. The Labute approximate surface area is 234 Å². The SMILES string of the molecule is N=c1n(CC(F)F)c2cc(NC(=O)c3cc(F)cc(C(F)(F)F)c3)c3c(c2n1CF)C(=O)NC3c1cc(F)ccc1Cl. The largest absolute Gasteiger partial charge is 0.416 e. The van der Waals surface area contributed by atoms with Gasteiger partial charge in [0.1, 0.15) is 11.6 Å². The number of nitrogens with one attached hydrogen (secondary N) is 3. The van der Waals surface area contributed by atoms with Crippen LogP contribution >= 0.6 is 11.6 Å². The molecular formula is C26H16ClF8N5O2. The van der Waals surface area contributed by atoms with E-state index < -0.39 is 72.2 Å². The van der Waals surface area contributed by atoms with Crippen molar-refractivity contribution < 1.29 is 44.7 Å². The topological polar surface area (TPSA) is 91.9 Å². The van der Waals surface area contributed by atoms with Crippen molar-refractivity contribution in [2.24, 2.45) is 0 Å². The molecular weight excluding hydrogens is 602 g/mol. The Morgan fingerprint density at radius 2 is 1.79 bits per heavy atom. The summed E-state index contributed by atoms with van der Waals surface area (Å²) in [6.07, 6.45) is -8.04. The number of halogens is 9. The zero-order chi connectivity index (χ0) is 30.7. The van der Waals surface area contributed by atoms with Gasteiger partial charge in [0.15, 0.2) is 6.80 Å². The monoisotopic (exact) mass is 617 g/mol. The number of carbonyl (C=O) groups is 2. The number of anilines is 1. The zero-order valence-electron chi connectivity index (χ0n) is 20.7. The maximum Gasteiger partial charge on any atom is 0.416 e. The van der Waals surface area contributed by atoms with Gasteiger partial charge < -0.3 is 15.2 Å². The highest BCUT2D eigenvalue weighted by Gasteiger charge is 2.38.